The molecule has 0 aliphatic heterocycles. The van der Waals surface area contributed by atoms with Gasteiger partial charge in [-0.05, 0) is 30.3 Å². The zero-order valence-corrected chi connectivity index (χ0v) is 13.0. The number of hydrogen-bond donors (Lipinski definition) is 2. The molecule has 0 atom stereocenters. The van der Waals surface area contributed by atoms with E-state index in [1.54, 1.807) is 47.7 Å². The highest BCUT2D eigenvalue weighted by atomic mass is 19.1. The number of pyridine rings is 1. The number of nitrogens with one attached hydrogen (secondary N) is 2. The van der Waals surface area contributed by atoms with Crippen molar-refractivity contribution in [2.24, 2.45) is 0 Å². The third kappa shape index (κ3) is 2.97. The van der Waals surface area contributed by atoms with Crippen molar-refractivity contribution in [2.45, 2.75) is 6.54 Å². The lowest BCUT2D eigenvalue weighted by Gasteiger charge is -2.08. The van der Waals surface area contributed by atoms with Crippen molar-refractivity contribution < 1.29 is 9.18 Å². The van der Waals surface area contributed by atoms with E-state index in [1.807, 2.05) is 0 Å². The Morgan fingerprint density at radius 2 is 2.20 bits per heavy atom. The van der Waals surface area contributed by atoms with Crippen LogP contribution in [0.15, 0.2) is 55.1 Å². The molecule has 0 fully saturated rings. The van der Waals surface area contributed by atoms with Crippen LogP contribution in [-0.2, 0) is 6.54 Å². The number of carbonyl (C=O) groups is 1. The maximum atomic E-state index is 13.2. The van der Waals surface area contributed by atoms with E-state index in [0.29, 0.717) is 28.1 Å². The summed E-state index contributed by atoms with van der Waals surface area (Å²) < 4.78 is 14.8. The van der Waals surface area contributed by atoms with E-state index >= 15 is 0 Å². The topological polar surface area (TPSA) is 88.5 Å². The van der Waals surface area contributed by atoms with E-state index in [4.69, 9.17) is 0 Å². The molecule has 4 rings (SSSR count). The zero-order chi connectivity index (χ0) is 17.2. The lowest BCUT2D eigenvalue weighted by molar-refractivity contribution is 0.0949. The quantitative estimate of drug-likeness (QED) is 0.598. The van der Waals surface area contributed by atoms with Crippen LogP contribution in [-0.4, -0.2) is 30.6 Å². The summed E-state index contributed by atoms with van der Waals surface area (Å²) in [4.78, 5) is 23.9. The Kier molecular flexibility index (Phi) is 3.70. The van der Waals surface area contributed by atoms with Gasteiger partial charge in [-0.1, -0.05) is 0 Å². The van der Waals surface area contributed by atoms with E-state index < -0.39 is 0 Å². The molecule has 0 unspecified atom stereocenters. The lowest BCUT2D eigenvalue weighted by atomic mass is 10.2. The molecular weight excluding hydrogens is 323 g/mol. The Hall–Kier alpha value is -3.55. The van der Waals surface area contributed by atoms with E-state index in [2.05, 4.69) is 25.4 Å². The minimum absolute atomic E-state index is 0.190. The molecule has 4 aromatic rings. The molecule has 0 aliphatic carbocycles. The molecular formula is C17H13FN6O. The lowest BCUT2D eigenvalue weighted by Crippen LogP contribution is -2.25. The smallest absolute Gasteiger partial charge is 0.253 e. The number of aromatic nitrogens is 5. The van der Waals surface area contributed by atoms with Gasteiger partial charge in [0.05, 0.1) is 35.0 Å². The molecule has 25 heavy (non-hydrogen) atoms. The van der Waals surface area contributed by atoms with Crippen LogP contribution in [0.25, 0.3) is 16.7 Å². The molecule has 7 nitrogen and oxygen atoms in total. The molecule has 2 N–H and O–H groups in total. The molecule has 124 valence electrons. The Labute approximate surface area is 141 Å². The first-order valence-corrected chi connectivity index (χ1v) is 7.57. The van der Waals surface area contributed by atoms with Crippen LogP contribution in [0, 0.1) is 5.82 Å². The summed E-state index contributed by atoms with van der Waals surface area (Å²) in [7, 11) is 0. The molecule has 3 aromatic heterocycles. The van der Waals surface area contributed by atoms with Crippen molar-refractivity contribution in [3.63, 3.8) is 0 Å². The fourth-order valence-electron chi connectivity index (χ4n) is 2.55. The van der Waals surface area contributed by atoms with E-state index in [0.717, 1.165) is 0 Å². The van der Waals surface area contributed by atoms with E-state index in [1.165, 1.54) is 12.1 Å². The molecule has 1 amide bonds. The summed E-state index contributed by atoms with van der Waals surface area (Å²) in [6.45, 7) is 0.190. The van der Waals surface area contributed by atoms with Crippen LogP contribution in [0.5, 0.6) is 0 Å². The molecule has 8 heteroatoms. The van der Waals surface area contributed by atoms with Gasteiger partial charge in [-0.25, -0.2) is 14.1 Å². The molecule has 0 aliphatic rings. The second-order valence-corrected chi connectivity index (χ2v) is 5.37. The SMILES string of the molecule is O=C(NCc1nc2ccc(F)cc2[nH]1)c1ccncc1-n1cccn1. The molecule has 1 aromatic carbocycles. The molecule has 0 bridgehead atoms. The van der Waals surface area contributed by atoms with Crippen LogP contribution >= 0.6 is 0 Å². The molecule has 0 saturated carbocycles. The zero-order valence-electron chi connectivity index (χ0n) is 13.0. The van der Waals surface area contributed by atoms with Gasteiger partial charge in [0.25, 0.3) is 5.91 Å². The number of imidazole rings is 1. The molecule has 0 spiro atoms. The van der Waals surface area contributed by atoms with Crippen molar-refractivity contribution in [3.05, 3.63) is 72.3 Å². The Morgan fingerprint density at radius 3 is 3.04 bits per heavy atom. The Bertz CT molecular complexity index is 1040. The highest BCUT2D eigenvalue weighted by Gasteiger charge is 2.13. The third-order valence-electron chi connectivity index (χ3n) is 3.71. The van der Waals surface area contributed by atoms with Gasteiger partial charge in [0.1, 0.15) is 11.6 Å². The number of nitrogens with zero attached hydrogens (tertiary/aromatic N) is 4. The second-order valence-electron chi connectivity index (χ2n) is 5.37. The highest BCUT2D eigenvalue weighted by Crippen LogP contribution is 2.14. The van der Waals surface area contributed by atoms with Crippen LogP contribution in [0.1, 0.15) is 16.2 Å². The average Bonchev–Trinajstić information content (AvgIpc) is 3.28. The first kappa shape index (κ1) is 15.0. The van der Waals surface area contributed by atoms with Gasteiger partial charge >= 0.3 is 0 Å². The summed E-state index contributed by atoms with van der Waals surface area (Å²) in [5.41, 5.74) is 2.26. The van der Waals surface area contributed by atoms with Gasteiger partial charge in [0.15, 0.2) is 0 Å². The molecule has 0 saturated heterocycles. The maximum absolute atomic E-state index is 13.2. The summed E-state index contributed by atoms with van der Waals surface area (Å²) in [6, 6.07) is 7.69. The van der Waals surface area contributed by atoms with Crippen molar-refractivity contribution in [1.82, 2.24) is 30.0 Å². The van der Waals surface area contributed by atoms with E-state index in [-0.39, 0.29) is 18.3 Å². The number of rotatable bonds is 4. The molecule has 3 heterocycles. The number of halogens is 1. The minimum atomic E-state index is -0.340. The van der Waals surface area contributed by atoms with Crippen LogP contribution in [0.3, 0.4) is 0 Å². The van der Waals surface area contributed by atoms with Crippen molar-refractivity contribution >= 4 is 16.9 Å². The fourth-order valence-corrected chi connectivity index (χ4v) is 2.55. The van der Waals surface area contributed by atoms with Crippen molar-refractivity contribution in [2.75, 3.05) is 0 Å². The van der Waals surface area contributed by atoms with Crippen LogP contribution in [0.4, 0.5) is 4.39 Å². The third-order valence-corrected chi connectivity index (χ3v) is 3.71. The van der Waals surface area contributed by atoms with Gasteiger partial charge < -0.3 is 10.3 Å². The number of benzene rings is 1. The monoisotopic (exact) mass is 336 g/mol. The van der Waals surface area contributed by atoms with Crippen LogP contribution < -0.4 is 5.32 Å². The van der Waals surface area contributed by atoms with Gasteiger partial charge in [-0.15, -0.1) is 0 Å². The van der Waals surface area contributed by atoms with Gasteiger partial charge in [0.2, 0.25) is 0 Å². The summed E-state index contributed by atoms with van der Waals surface area (Å²) in [5.74, 6) is -0.0735. The Morgan fingerprint density at radius 1 is 1.28 bits per heavy atom. The van der Waals surface area contributed by atoms with E-state index in [9.17, 15) is 9.18 Å². The molecule has 0 radical (unpaired) electrons. The number of carbonyl (C=O) groups excluding carboxylic acids is 1. The summed E-state index contributed by atoms with van der Waals surface area (Å²) in [6.07, 6.45) is 6.49. The van der Waals surface area contributed by atoms with Gasteiger partial charge in [-0.2, -0.15) is 5.10 Å². The van der Waals surface area contributed by atoms with Gasteiger partial charge in [0, 0.05) is 18.6 Å². The number of H-pyrrole nitrogens is 1. The number of aromatic amines is 1. The number of fused-ring (bicyclic) bond motifs is 1. The van der Waals surface area contributed by atoms with Crippen molar-refractivity contribution in [3.8, 4) is 5.69 Å². The first-order chi connectivity index (χ1) is 12.2. The maximum Gasteiger partial charge on any atom is 0.253 e. The van der Waals surface area contributed by atoms with Crippen LogP contribution in [0.2, 0.25) is 0 Å². The first-order valence-electron chi connectivity index (χ1n) is 7.57. The van der Waals surface area contributed by atoms with Crippen molar-refractivity contribution in [1.29, 1.82) is 0 Å². The Balaban J connectivity index is 1.54. The summed E-state index contributed by atoms with van der Waals surface area (Å²) in [5, 5.41) is 6.93. The highest BCUT2D eigenvalue weighted by molar-refractivity contribution is 5.97. The standard InChI is InChI=1S/C17H13FN6O/c18-11-2-3-13-14(8-11)23-16(22-13)10-20-17(25)12-4-6-19-9-15(12)24-7-1-5-21-24/h1-9H,10H2,(H,20,25)(H,22,23). The normalized spacial score (nSPS) is 10.9. The minimum Gasteiger partial charge on any atom is -0.345 e. The predicted molar refractivity (Wildman–Crippen MR) is 88.6 cm³/mol. The second kappa shape index (κ2) is 6.16. The average molecular weight is 336 g/mol. The summed E-state index contributed by atoms with van der Waals surface area (Å²) >= 11 is 0. The predicted octanol–water partition coefficient (Wildman–Crippen LogP) is 2.21. The van der Waals surface area contributed by atoms with Gasteiger partial charge in [-0.3, -0.25) is 9.78 Å². The number of hydrogen-bond acceptors (Lipinski definition) is 4. The largest absolute Gasteiger partial charge is 0.345 e. The number of amides is 1. The fraction of sp³-hybridized carbons (Fsp3) is 0.0588.